The van der Waals surface area contributed by atoms with Crippen molar-refractivity contribution in [2.75, 3.05) is 15.5 Å². The molecule has 184 valence electrons. The van der Waals surface area contributed by atoms with Gasteiger partial charge in [0.15, 0.2) is 0 Å². The van der Waals surface area contributed by atoms with Gasteiger partial charge in [0.2, 0.25) is 12.1 Å². The molecule has 2 atom stereocenters. The molecule has 1 aliphatic rings. The maximum absolute atomic E-state index is 13.7. The number of para-hydroxylation sites is 2. The van der Waals surface area contributed by atoms with E-state index in [1.807, 2.05) is 60.7 Å². The van der Waals surface area contributed by atoms with Gasteiger partial charge in [-0.3, -0.25) is 24.8 Å². The van der Waals surface area contributed by atoms with Gasteiger partial charge in [0.25, 0.3) is 5.91 Å². The second-order valence-corrected chi connectivity index (χ2v) is 8.64. The van der Waals surface area contributed by atoms with Crippen molar-refractivity contribution >= 4 is 50.9 Å². The highest BCUT2D eigenvalue weighted by molar-refractivity contribution is 9.09. The van der Waals surface area contributed by atoms with Crippen LogP contribution in [0.2, 0.25) is 0 Å². The third kappa shape index (κ3) is 5.80. The van der Waals surface area contributed by atoms with Crippen LogP contribution in [0.5, 0.6) is 0 Å². The summed E-state index contributed by atoms with van der Waals surface area (Å²) in [7, 11) is 0. The van der Waals surface area contributed by atoms with Crippen molar-refractivity contribution < 1.29 is 19.1 Å². The molecule has 36 heavy (non-hydrogen) atoms. The molecule has 2 unspecified atom stereocenters. The minimum Gasteiger partial charge on any atom is -0.445 e. The molecule has 4 rings (SSSR count). The Balaban J connectivity index is 1.59. The largest absolute Gasteiger partial charge is 0.445 e. The number of hydrogen-bond acceptors (Lipinski definition) is 5. The highest BCUT2D eigenvalue weighted by Crippen LogP contribution is 2.28. The van der Waals surface area contributed by atoms with Crippen molar-refractivity contribution in [3.63, 3.8) is 0 Å². The summed E-state index contributed by atoms with van der Waals surface area (Å²) in [6.07, 6.45) is -2.07. The number of alkyl halides is 1. The number of anilines is 2. The molecule has 0 fully saturated rings. The first-order valence-electron chi connectivity index (χ1n) is 11.4. The number of hydrogen-bond donors (Lipinski definition) is 2. The summed E-state index contributed by atoms with van der Waals surface area (Å²) >= 11 is 3.44. The van der Waals surface area contributed by atoms with Gasteiger partial charge in [-0.15, -0.1) is 0 Å². The van der Waals surface area contributed by atoms with Crippen LogP contribution in [0.1, 0.15) is 18.1 Å². The molecule has 3 aromatic carbocycles. The van der Waals surface area contributed by atoms with E-state index >= 15 is 0 Å². The molecule has 3 aromatic rings. The lowest BCUT2D eigenvalue weighted by molar-refractivity contribution is -0.124. The first kappa shape index (κ1) is 25.1. The summed E-state index contributed by atoms with van der Waals surface area (Å²) in [6, 6.07) is 24.5. The van der Waals surface area contributed by atoms with E-state index in [-0.39, 0.29) is 12.5 Å². The van der Waals surface area contributed by atoms with Crippen LogP contribution in [0.15, 0.2) is 89.9 Å². The number of benzene rings is 3. The van der Waals surface area contributed by atoms with E-state index in [1.165, 1.54) is 4.90 Å². The van der Waals surface area contributed by atoms with Crippen LogP contribution in [-0.2, 0) is 20.9 Å². The number of amides is 3. The topological polar surface area (TPSA) is 100 Å². The Kier molecular flexibility index (Phi) is 8.12. The number of benzodiazepines with no additional fused rings is 1. The summed E-state index contributed by atoms with van der Waals surface area (Å²) in [5.74, 6) is -0.928. The SMILES string of the molecule is CC(C(=O)Nc1ccccc1)N1C(=O)C(NC(=O)OCc2ccccc2)N=C(CBr)c2ccccc21. The Labute approximate surface area is 217 Å². The number of nitrogens with zero attached hydrogens (tertiary/aromatic N) is 2. The molecule has 0 saturated heterocycles. The van der Waals surface area contributed by atoms with Gasteiger partial charge in [-0.1, -0.05) is 82.7 Å². The lowest BCUT2D eigenvalue weighted by Gasteiger charge is -2.30. The van der Waals surface area contributed by atoms with E-state index in [2.05, 4.69) is 31.6 Å². The Morgan fingerprint density at radius 3 is 2.33 bits per heavy atom. The van der Waals surface area contributed by atoms with Crippen LogP contribution in [0.3, 0.4) is 0 Å². The van der Waals surface area contributed by atoms with Crippen molar-refractivity contribution in [2.45, 2.75) is 25.7 Å². The standard InChI is InChI=1S/C27H25BrN4O4/c1-18(25(33)29-20-12-6-3-7-13-20)32-23-15-9-8-14-21(23)22(16-28)30-24(26(32)34)31-27(35)36-17-19-10-4-2-5-11-19/h2-15,18,24H,16-17H2,1H3,(H,29,33)(H,31,35). The van der Waals surface area contributed by atoms with Crippen molar-refractivity contribution in [3.05, 3.63) is 96.1 Å². The fourth-order valence-corrected chi connectivity index (χ4v) is 4.27. The highest BCUT2D eigenvalue weighted by atomic mass is 79.9. The van der Waals surface area contributed by atoms with Crippen molar-refractivity contribution in [1.29, 1.82) is 0 Å². The van der Waals surface area contributed by atoms with Gasteiger partial charge in [-0.25, -0.2) is 4.79 Å². The van der Waals surface area contributed by atoms with E-state index in [0.29, 0.717) is 28.0 Å². The number of ether oxygens (including phenoxy) is 1. The third-order valence-electron chi connectivity index (χ3n) is 5.63. The van der Waals surface area contributed by atoms with Crippen LogP contribution in [-0.4, -0.2) is 41.2 Å². The number of carbonyl (C=O) groups excluding carboxylic acids is 3. The molecule has 0 aliphatic carbocycles. The first-order valence-corrected chi connectivity index (χ1v) is 12.5. The third-order valence-corrected chi connectivity index (χ3v) is 6.16. The van der Waals surface area contributed by atoms with E-state index in [0.717, 1.165) is 5.56 Å². The number of fused-ring (bicyclic) bond motifs is 1. The van der Waals surface area contributed by atoms with Crippen molar-refractivity contribution in [2.24, 2.45) is 4.99 Å². The van der Waals surface area contributed by atoms with Gasteiger partial charge >= 0.3 is 6.09 Å². The fourth-order valence-electron chi connectivity index (χ4n) is 3.82. The molecule has 0 aromatic heterocycles. The van der Waals surface area contributed by atoms with Crippen LogP contribution >= 0.6 is 15.9 Å². The second kappa shape index (κ2) is 11.6. The lowest BCUT2D eigenvalue weighted by atomic mass is 10.1. The highest BCUT2D eigenvalue weighted by Gasteiger charge is 2.37. The Morgan fingerprint density at radius 1 is 1.00 bits per heavy atom. The molecule has 0 bridgehead atoms. The molecular formula is C27H25BrN4O4. The summed E-state index contributed by atoms with van der Waals surface area (Å²) in [6.45, 7) is 1.68. The summed E-state index contributed by atoms with van der Waals surface area (Å²) in [4.78, 5) is 45.4. The van der Waals surface area contributed by atoms with Gasteiger partial charge < -0.3 is 10.1 Å². The number of carbonyl (C=O) groups is 3. The molecule has 9 heteroatoms. The zero-order chi connectivity index (χ0) is 25.5. The van der Waals surface area contributed by atoms with Gasteiger partial charge in [-0.05, 0) is 30.7 Å². The number of rotatable bonds is 7. The van der Waals surface area contributed by atoms with Crippen LogP contribution < -0.4 is 15.5 Å². The van der Waals surface area contributed by atoms with Crippen molar-refractivity contribution in [3.8, 4) is 0 Å². The minimum atomic E-state index is -1.28. The van der Waals surface area contributed by atoms with Gasteiger partial charge in [0.05, 0.1) is 11.4 Å². The smallest absolute Gasteiger partial charge is 0.409 e. The Bertz CT molecular complexity index is 1270. The first-order chi connectivity index (χ1) is 17.5. The van der Waals surface area contributed by atoms with Gasteiger partial charge in [0.1, 0.15) is 12.6 Å². The number of nitrogens with one attached hydrogen (secondary N) is 2. The second-order valence-electron chi connectivity index (χ2n) is 8.07. The number of alkyl carbamates (subject to hydrolysis) is 1. The van der Waals surface area contributed by atoms with E-state index < -0.39 is 24.2 Å². The summed E-state index contributed by atoms with van der Waals surface area (Å²) in [5, 5.41) is 5.74. The zero-order valence-electron chi connectivity index (χ0n) is 19.6. The van der Waals surface area contributed by atoms with Crippen LogP contribution in [0.4, 0.5) is 16.2 Å². The van der Waals surface area contributed by atoms with Gasteiger partial charge in [0, 0.05) is 16.6 Å². The minimum absolute atomic E-state index is 0.0441. The maximum Gasteiger partial charge on any atom is 0.409 e. The molecule has 0 radical (unpaired) electrons. The molecule has 0 spiro atoms. The quantitative estimate of drug-likeness (QED) is 0.424. The molecule has 8 nitrogen and oxygen atoms in total. The summed E-state index contributed by atoms with van der Waals surface area (Å²) in [5.41, 5.74) is 3.19. The number of halogens is 1. The maximum atomic E-state index is 13.7. The predicted molar refractivity (Wildman–Crippen MR) is 142 cm³/mol. The average molecular weight is 549 g/mol. The van der Waals surface area contributed by atoms with E-state index in [1.54, 1.807) is 31.2 Å². The lowest BCUT2D eigenvalue weighted by Crippen LogP contribution is -2.53. The fraction of sp³-hybridized carbons (Fsp3) is 0.185. The molecule has 3 amide bonds. The van der Waals surface area contributed by atoms with Crippen LogP contribution in [0.25, 0.3) is 0 Å². The Hall–Kier alpha value is -3.98. The van der Waals surface area contributed by atoms with Crippen molar-refractivity contribution in [1.82, 2.24) is 5.32 Å². The molecule has 0 saturated carbocycles. The number of aliphatic imine (C=N–C) groups is 1. The average Bonchev–Trinajstić information content (AvgIpc) is 3.02. The van der Waals surface area contributed by atoms with E-state index in [4.69, 9.17) is 4.74 Å². The zero-order valence-corrected chi connectivity index (χ0v) is 21.1. The normalized spacial score (nSPS) is 15.7. The van der Waals surface area contributed by atoms with E-state index in [9.17, 15) is 14.4 Å². The molecule has 1 heterocycles. The molecule has 1 aliphatic heterocycles. The Morgan fingerprint density at radius 2 is 1.64 bits per heavy atom. The molecule has 2 N–H and O–H groups in total. The predicted octanol–water partition coefficient (Wildman–Crippen LogP) is 4.50. The summed E-state index contributed by atoms with van der Waals surface area (Å²) < 4.78 is 5.31. The van der Waals surface area contributed by atoms with Gasteiger partial charge in [-0.2, -0.15) is 0 Å². The molecular weight excluding hydrogens is 524 g/mol. The van der Waals surface area contributed by atoms with Crippen LogP contribution in [0, 0.1) is 0 Å². The monoisotopic (exact) mass is 548 g/mol.